The summed E-state index contributed by atoms with van der Waals surface area (Å²) in [5, 5.41) is 11.5. The second-order valence-electron chi connectivity index (χ2n) is 4.48. The molecule has 1 rings (SSSR count). The summed E-state index contributed by atoms with van der Waals surface area (Å²) >= 11 is 0. The van der Waals surface area contributed by atoms with Crippen LogP contribution in [0.3, 0.4) is 0 Å². The molecule has 96 valence electrons. The van der Waals surface area contributed by atoms with Crippen LogP contribution in [-0.4, -0.2) is 29.1 Å². The van der Waals surface area contributed by atoms with E-state index >= 15 is 0 Å². The summed E-state index contributed by atoms with van der Waals surface area (Å²) in [5.74, 6) is -1.21. The number of carboxylic acids is 1. The van der Waals surface area contributed by atoms with Crippen LogP contribution in [0, 0.1) is 5.92 Å². The van der Waals surface area contributed by atoms with Crippen LogP contribution < -0.4 is 11.1 Å². The lowest BCUT2D eigenvalue weighted by Crippen LogP contribution is -2.39. The molecule has 0 aliphatic heterocycles. The molecular formula is C12H20N2O3. The summed E-state index contributed by atoms with van der Waals surface area (Å²) < 4.78 is 0. The summed E-state index contributed by atoms with van der Waals surface area (Å²) in [6.07, 6.45) is 5.72. The summed E-state index contributed by atoms with van der Waals surface area (Å²) in [7, 11) is 0. The highest BCUT2D eigenvalue weighted by atomic mass is 16.4. The van der Waals surface area contributed by atoms with E-state index in [9.17, 15) is 9.59 Å². The molecule has 1 amide bonds. The van der Waals surface area contributed by atoms with E-state index in [1.54, 1.807) is 6.08 Å². The molecule has 0 fully saturated rings. The molecule has 0 heterocycles. The Balaban J connectivity index is 2.46. The van der Waals surface area contributed by atoms with Crippen molar-refractivity contribution in [2.45, 2.75) is 44.7 Å². The molecule has 3 atom stereocenters. The highest BCUT2D eigenvalue weighted by molar-refractivity contribution is 5.82. The third-order valence-corrected chi connectivity index (χ3v) is 2.86. The van der Waals surface area contributed by atoms with Crippen LogP contribution in [0.25, 0.3) is 0 Å². The zero-order valence-electron chi connectivity index (χ0n) is 10.1. The van der Waals surface area contributed by atoms with Gasteiger partial charge in [0, 0.05) is 12.1 Å². The normalized spacial score (nSPS) is 24.6. The lowest BCUT2D eigenvalue weighted by Gasteiger charge is -2.18. The topological polar surface area (TPSA) is 92.4 Å². The molecule has 1 aliphatic rings. The number of amides is 1. The van der Waals surface area contributed by atoms with Gasteiger partial charge in [0.1, 0.15) is 0 Å². The minimum atomic E-state index is -0.887. The van der Waals surface area contributed by atoms with Crippen molar-refractivity contribution in [1.82, 2.24) is 5.32 Å². The second-order valence-corrected chi connectivity index (χ2v) is 4.48. The Morgan fingerprint density at radius 1 is 1.53 bits per heavy atom. The molecule has 0 bridgehead atoms. The molecule has 0 saturated carbocycles. The maximum absolute atomic E-state index is 11.8. The highest BCUT2D eigenvalue weighted by Crippen LogP contribution is 2.17. The second kappa shape index (κ2) is 6.39. The maximum Gasteiger partial charge on any atom is 0.305 e. The zero-order chi connectivity index (χ0) is 12.8. The van der Waals surface area contributed by atoms with Crippen LogP contribution >= 0.6 is 0 Å². The minimum Gasteiger partial charge on any atom is -0.481 e. The Morgan fingerprint density at radius 2 is 2.24 bits per heavy atom. The molecule has 0 aromatic heterocycles. The summed E-state index contributed by atoms with van der Waals surface area (Å²) in [6.45, 7) is 1.96. The van der Waals surface area contributed by atoms with E-state index in [1.807, 2.05) is 13.0 Å². The van der Waals surface area contributed by atoms with Crippen molar-refractivity contribution in [3.8, 4) is 0 Å². The van der Waals surface area contributed by atoms with Gasteiger partial charge >= 0.3 is 5.97 Å². The van der Waals surface area contributed by atoms with E-state index < -0.39 is 5.97 Å². The Labute approximate surface area is 101 Å². The van der Waals surface area contributed by atoms with Crippen molar-refractivity contribution in [2.75, 3.05) is 0 Å². The predicted molar refractivity (Wildman–Crippen MR) is 64.3 cm³/mol. The van der Waals surface area contributed by atoms with Gasteiger partial charge in [-0.1, -0.05) is 25.5 Å². The summed E-state index contributed by atoms with van der Waals surface area (Å²) in [4.78, 5) is 22.5. The van der Waals surface area contributed by atoms with Gasteiger partial charge in [-0.05, 0) is 12.8 Å². The average molecular weight is 240 g/mol. The maximum atomic E-state index is 11.8. The quantitative estimate of drug-likeness (QED) is 0.594. The smallest absolute Gasteiger partial charge is 0.305 e. The fourth-order valence-electron chi connectivity index (χ4n) is 2.01. The molecule has 4 N–H and O–H groups in total. The number of hydrogen-bond acceptors (Lipinski definition) is 3. The monoisotopic (exact) mass is 240 g/mol. The van der Waals surface area contributed by atoms with Crippen molar-refractivity contribution < 1.29 is 14.7 Å². The van der Waals surface area contributed by atoms with Crippen LogP contribution in [0.1, 0.15) is 32.6 Å². The third-order valence-electron chi connectivity index (χ3n) is 2.86. The van der Waals surface area contributed by atoms with Crippen LogP contribution in [0.4, 0.5) is 0 Å². The van der Waals surface area contributed by atoms with Crippen molar-refractivity contribution >= 4 is 11.9 Å². The molecule has 0 aromatic rings. The Hall–Kier alpha value is -1.36. The molecule has 1 aliphatic carbocycles. The van der Waals surface area contributed by atoms with Gasteiger partial charge in [0.15, 0.2) is 0 Å². The van der Waals surface area contributed by atoms with Gasteiger partial charge in [0.05, 0.1) is 12.3 Å². The number of hydrogen-bond donors (Lipinski definition) is 3. The number of carboxylic acid groups (broad SMARTS) is 1. The number of nitrogens with one attached hydrogen (secondary N) is 1. The first kappa shape index (κ1) is 13.7. The molecular weight excluding hydrogens is 220 g/mol. The summed E-state index contributed by atoms with van der Waals surface area (Å²) in [6, 6.07) is -0.343. The SMILES string of the molecule is CCCC(CC(=O)O)NC(=O)C1C=CC(N)C1. The Bertz CT molecular complexity index is 315. The fourth-order valence-corrected chi connectivity index (χ4v) is 2.01. The van der Waals surface area contributed by atoms with Gasteiger partial charge in [-0.25, -0.2) is 0 Å². The Morgan fingerprint density at radius 3 is 2.71 bits per heavy atom. The standard InChI is InChI=1S/C12H20N2O3/c1-2-3-10(7-11(15)16)14-12(17)8-4-5-9(13)6-8/h4-5,8-10H,2-3,6-7,13H2,1H3,(H,14,17)(H,15,16). The number of nitrogens with two attached hydrogens (primary N) is 1. The molecule has 5 nitrogen and oxygen atoms in total. The minimum absolute atomic E-state index is 0.0257. The highest BCUT2D eigenvalue weighted by Gasteiger charge is 2.25. The largest absolute Gasteiger partial charge is 0.481 e. The van der Waals surface area contributed by atoms with E-state index in [0.717, 1.165) is 6.42 Å². The van der Waals surface area contributed by atoms with Crippen molar-refractivity contribution in [1.29, 1.82) is 0 Å². The number of carbonyl (C=O) groups is 2. The fraction of sp³-hybridized carbons (Fsp3) is 0.667. The lowest BCUT2D eigenvalue weighted by atomic mass is 10.0. The van der Waals surface area contributed by atoms with E-state index in [2.05, 4.69) is 5.32 Å². The van der Waals surface area contributed by atoms with E-state index in [0.29, 0.717) is 12.8 Å². The zero-order valence-corrected chi connectivity index (χ0v) is 10.1. The Kier molecular flexibility index (Phi) is 5.15. The first-order valence-corrected chi connectivity index (χ1v) is 5.99. The van der Waals surface area contributed by atoms with Crippen LogP contribution in [0.2, 0.25) is 0 Å². The molecule has 3 unspecified atom stereocenters. The molecule has 17 heavy (non-hydrogen) atoms. The lowest BCUT2D eigenvalue weighted by molar-refractivity contribution is -0.137. The van der Waals surface area contributed by atoms with Gasteiger partial charge in [-0.15, -0.1) is 0 Å². The van der Waals surface area contributed by atoms with Gasteiger partial charge in [-0.3, -0.25) is 9.59 Å². The predicted octanol–water partition coefficient (Wildman–Crippen LogP) is 0.649. The van der Waals surface area contributed by atoms with Crippen molar-refractivity contribution in [3.63, 3.8) is 0 Å². The summed E-state index contributed by atoms with van der Waals surface area (Å²) in [5.41, 5.74) is 5.67. The number of carbonyl (C=O) groups excluding carboxylic acids is 1. The molecule has 0 saturated heterocycles. The van der Waals surface area contributed by atoms with Gasteiger partial charge < -0.3 is 16.2 Å². The molecule has 5 heteroatoms. The van der Waals surface area contributed by atoms with Gasteiger partial charge in [0.2, 0.25) is 5.91 Å². The first-order valence-electron chi connectivity index (χ1n) is 5.99. The third kappa shape index (κ3) is 4.56. The molecule has 0 spiro atoms. The van der Waals surface area contributed by atoms with E-state index in [-0.39, 0.29) is 30.3 Å². The van der Waals surface area contributed by atoms with Crippen LogP contribution in [0.5, 0.6) is 0 Å². The van der Waals surface area contributed by atoms with Crippen LogP contribution in [0.15, 0.2) is 12.2 Å². The van der Waals surface area contributed by atoms with Gasteiger partial charge in [-0.2, -0.15) is 0 Å². The van der Waals surface area contributed by atoms with Crippen LogP contribution in [-0.2, 0) is 9.59 Å². The van der Waals surface area contributed by atoms with Crippen molar-refractivity contribution in [3.05, 3.63) is 12.2 Å². The van der Waals surface area contributed by atoms with E-state index in [1.165, 1.54) is 0 Å². The first-order chi connectivity index (χ1) is 8.02. The molecule has 0 aromatic carbocycles. The van der Waals surface area contributed by atoms with Crippen molar-refractivity contribution in [2.24, 2.45) is 11.7 Å². The van der Waals surface area contributed by atoms with E-state index in [4.69, 9.17) is 10.8 Å². The number of rotatable bonds is 6. The average Bonchev–Trinajstić information content (AvgIpc) is 2.64. The molecule has 0 radical (unpaired) electrons. The number of aliphatic carboxylic acids is 1. The van der Waals surface area contributed by atoms with Gasteiger partial charge in [0.25, 0.3) is 0 Å².